The molecule has 1 atom stereocenters. The van der Waals surface area contributed by atoms with Crippen LogP contribution in [0.4, 0.5) is 23.2 Å². The highest BCUT2D eigenvalue weighted by molar-refractivity contribution is 5.82. The molecule has 1 aromatic rings. The monoisotopic (exact) mass is 250 g/mol. The van der Waals surface area contributed by atoms with Crippen molar-refractivity contribution < 1.29 is 22.4 Å². The molecule has 0 saturated carbocycles. The number of anilines is 1. The van der Waals surface area contributed by atoms with Crippen LogP contribution in [0.25, 0.3) is 0 Å². The van der Waals surface area contributed by atoms with Crippen molar-refractivity contribution in [2.45, 2.75) is 19.1 Å². The van der Waals surface area contributed by atoms with Crippen LogP contribution in [0.15, 0.2) is 18.2 Å². The highest BCUT2D eigenvalue weighted by Crippen LogP contribution is 2.31. The van der Waals surface area contributed by atoms with Crippen molar-refractivity contribution in [3.63, 3.8) is 0 Å². The number of hydrogen-bond donors (Lipinski definition) is 2. The molecule has 0 fully saturated rings. The molecule has 94 valence electrons. The molecule has 0 spiro atoms. The van der Waals surface area contributed by atoms with E-state index in [1.54, 1.807) is 0 Å². The van der Waals surface area contributed by atoms with Crippen LogP contribution in [-0.2, 0) is 11.0 Å². The van der Waals surface area contributed by atoms with Gasteiger partial charge in [-0.2, -0.15) is 13.2 Å². The van der Waals surface area contributed by atoms with Crippen LogP contribution < -0.4 is 11.1 Å². The Bertz CT molecular complexity index is 431. The summed E-state index contributed by atoms with van der Waals surface area (Å²) >= 11 is 0. The quantitative estimate of drug-likeness (QED) is 0.807. The third kappa shape index (κ3) is 3.33. The minimum atomic E-state index is -4.57. The number of halogens is 4. The van der Waals surface area contributed by atoms with Crippen molar-refractivity contribution in [2.24, 2.45) is 5.73 Å². The normalized spacial score (nSPS) is 13.2. The molecular formula is C10H10F4N2O. The minimum Gasteiger partial charge on any atom is -0.372 e. The Labute approximate surface area is 94.6 Å². The largest absolute Gasteiger partial charge is 0.416 e. The van der Waals surface area contributed by atoms with Crippen LogP contribution in [0.5, 0.6) is 0 Å². The second-order valence-electron chi connectivity index (χ2n) is 3.46. The lowest BCUT2D eigenvalue weighted by atomic mass is 10.1. The van der Waals surface area contributed by atoms with Gasteiger partial charge in [0.05, 0.1) is 11.3 Å². The Hall–Kier alpha value is -1.79. The molecule has 0 aliphatic heterocycles. The number of carbonyl (C=O) groups is 1. The van der Waals surface area contributed by atoms with E-state index in [2.05, 4.69) is 5.32 Å². The number of alkyl halides is 3. The van der Waals surface area contributed by atoms with Gasteiger partial charge in [0.25, 0.3) is 0 Å². The van der Waals surface area contributed by atoms with E-state index in [0.29, 0.717) is 18.2 Å². The number of amides is 1. The minimum absolute atomic E-state index is 0.411. The summed E-state index contributed by atoms with van der Waals surface area (Å²) in [5.41, 5.74) is 3.50. The third-order valence-corrected chi connectivity index (χ3v) is 2.09. The van der Waals surface area contributed by atoms with Crippen molar-refractivity contribution in [1.82, 2.24) is 0 Å². The van der Waals surface area contributed by atoms with Gasteiger partial charge < -0.3 is 11.1 Å². The van der Waals surface area contributed by atoms with E-state index < -0.39 is 35.2 Å². The number of carbonyl (C=O) groups excluding carboxylic acids is 1. The van der Waals surface area contributed by atoms with E-state index in [0.717, 1.165) is 0 Å². The summed E-state index contributed by atoms with van der Waals surface area (Å²) in [6.07, 6.45) is -4.57. The zero-order chi connectivity index (χ0) is 13.2. The van der Waals surface area contributed by atoms with Crippen LogP contribution in [0.2, 0.25) is 0 Å². The van der Waals surface area contributed by atoms with Crippen molar-refractivity contribution in [2.75, 3.05) is 5.32 Å². The molecule has 0 aliphatic rings. The molecule has 0 heterocycles. The fourth-order valence-corrected chi connectivity index (χ4v) is 1.12. The van der Waals surface area contributed by atoms with Crippen molar-refractivity contribution >= 4 is 11.6 Å². The Morgan fingerprint density at radius 2 is 2.00 bits per heavy atom. The fraction of sp³-hybridized carbons (Fsp3) is 0.300. The van der Waals surface area contributed by atoms with Crippen LogP contribution in [0.3, 0.4) is 0 Å². The standard InChI is InChI=1S/C10H10F4N2O/c1-5(9(15)17)16-8-4-6(10(12,13)14)2-3-7(8)11/h2-5,16H,1H3,(H2,15,17). The number of nitrogens with two attached hydrogens (primary N) is 1. The lowest BCUT2D eigenvalue weighted by molar-refractivity contribution is -0.137. The summed E-state index contributed by atoms with van der Waals surface area (Å²) in [7, 11) is 0. The summed E-state index contributed by atoms with van der Waals surface area (Å²) < 4.78 is 50.3. The molecule has 0 saturated heterocycles. The summed E-state index contributed by atoms with van der Waals surface area (Å²) in [6, 6.07) is 0.927. The lowest BCUT2D eigenvalue weighted by Gasteiger charge is -2.14. The number of rotatable bonds is 3. The average Bonchev–Trinajstić information content (AvgIpc) is 2.19. The summed E-state index contributed by atoms with van der Waals surface area (Å²) in [5, 5.41) is 2.27. The van der Waals surface area contributed by atoms with E-state index in [1.165, 1.54) is 6.92 Å². The predicted molar refractivity (Wildman–Crippen MR) is 53.7 cm³/mol. The van der Waals surface area contributed by atoms with Crippen LogP contribution in [0.1, 0.15) is 12.5 Å². The molecule has 0 aliphatic carbocycles. The predicted octanol–water partition coefficient (Wildman–Crippen LogP) is 2.13. The second kappa shape index (κ2) is 4.60. The van der Waals surface area contributed by atoms with E-state index in [-0.39, 0.29) is 0 Å². The van der Waals surface area contributed by atoms with Gasteiger partial charge in [-0.05, 0) is 25.1 Å². The zero-order valence-corrected chi connectivity index (χ0v) is 8.81. The van der Waals surface area contributed by atoms with E-state index >= 15 is 0 Å². The SMILES string of the molecule is CC(Nc1cc(C(F)(F)F)ccc1F)C(N)=O. The van der Waals surface area contributed by atoms with E-state index in [9.17, 15) is 22.4 Å². The smallest absolute Gasteiger partial charge is 0.372 e. The molecule has 0 bridgehead atoms. The van der Waals surface area contributed by atoms with E-state index in [4.69, 9.17) is 5.73 Å². The number of nitrogens with one attached hydrogen (secondary N) is 1. The maximum absolute atomic E-state index is 13.2. The topological polar surface area (TPSA) is 55.1 Å². The fourth-order valence-electron chi connectivity index (χ4n) is 1.12. The Kier molecular flexibility index (Phi) is 3.59. The summed E-state index contributed by atoms with van der Waals surface area (Å²) in [4.78, 5) is 10.7. The van der Waals surface area contributed by atoms with Gasteiger partial charge in [0.1, 0.15) is 11.9 Å². The molecular weight excluding hydrogens is 240 g/mol. The van der Waals surface area contributed by atoms with E-state index in [1.807, 2.05) is 0 Å². The molecule has 1 amide bonds. The number of primary amides is 1. The molecule has 1 unspecified atom stereocenters. The molecule has 3 nitrogen and oxygen atoms in total. The second-order valence-corrected chi connectivity index (χ2v) is 3.46. The zero-order valence-electron chi connectivity index (χ0n) is 8.81. The number of benzene rings is 1. The van der Waals surface area contributed by atoms with Gasteiger partial charge in [-0.15, -0.1) is 0 Å². The molecule has 7 heteroatoms. The summed E-state index contributed by atoms with van der Waals surface area (Å²) in [6.45, 7) is 1.32. The van der Waals surface area contributed by atoms with Gasteiger partial charge in [-0.3, -0.25) is 4.79 Å². The first-order valence-electron chi connectivity index (χ1n) is 4.64. The molecule has 1 aromatic carbocycles. The van der Waals surface area contributed by atoms with Gasteiger partial charge in [0.15, 0.2) is 0 Å². The molecule has 0 aromatic heterocycles. The average molecular weight is 250 g/mol. The highest BCUT2D eigenvalue weighted by Gasteiger charge is 2.31. The Morgan fingerprint density at radius 1 is 1.41 bits per heavy atom. The van der Waals surface area contributed by atoms with Gasteiger partial charge in [0.2, 0.25) is 5.91 Å². The summed E-state index contributed by atoms with van der Waals surface area (Å²) in [5.74, 6) is -1.67. The van der Waals surface area contributed by atoms with Crippen molar-refractivity contribution in [3.05, 3.63) is 29.6 Å². The van der Waals surface area contributed by atoms with Gasteiger partial charge in [-0.25, -0.2) is 4.39 Å². The maximum Gasteiger partial charge on any atom is 0.416 e. The van der Waals surface area contributed by atoms with Crippen LogP contribution in [0, 0.1) is 5.82 Å². The van der Waals surface area contributed by atoms with Crippen molar-refractivity contribution in [1.29, 1.82) is 0 Å². The Morgan fingerprint density at radius 3 is 2.47 bits per heavy atom. The lowest BCUT2D eigenvalue weighted by Crippen LogP contribution is -2.32. The van der Waals surface area contributed by atoms with Crippen molar-refractivity contribution in [3.8, 4) is 0 Å². The Balaban J connectivity index is 3.03. The van der Waals surface area contributed by atoms with Gasteiger partial charge in [-0.1, -0.05) is 0 Å². The maximum atomic E-state index is 13.2. The molecule has 1 rings (SSSR count). The first-order valence-corrected chi connectivity index (χ1v) is 4.64. The van der Waals surface area contributed by atoms with Crippen LogP contribution >= 0.6 is 0 Å². The van der Waals surface area contributed by atoms with Gasteiger partial charge in [0, 0.05) is 0 Å². The first-order chi connectivity index (χ1) is 7.71. The number of hydrogen-bond acceptors (Lipinski definition) is 2. The molecule has 0 radical (unpaired) electrons. The third-order valence-electron chi connectivity index (χ3n) is 2.09. The first kappa shape index (κ1) is 13.3. The van der Waals surface area contributed by atoms with Crippen LogP contribution in [-0.4, -0.2) is 11.9 Å². The highest BCUT2D eigenvalue weighted by atomic mass is 19.4. The molecule has 3 N–H and O–H groups in total. The van der Waals surface area contributed by atoms with Gasteiger partial charge >= 0.3 is 6.18 Å². The molecule has 17 heavy (non-hydrogen) atoms.